The van der Waals surface area contributed by atoms with Crippen LogP contribution in [0.25, 0.3) is 10.8 Å². The van der Waals surface area contributed by atoms with Crippen LogP contribution in [0.2, 0.25) is 5.02 Å². The number of carboxylic acid groups (broad SMARTS) is 1. The molecule has 0 aliphatic carbocycles. The quantitative estimate of drug-likeness (QED) is 0.0148. The topological polar surface area (TPSA) is 440 Å². The van der Waals surface area contributed by atoms with Crippen molar-refractivity contribution in [3.8, 4) is 0 Å². The molecule has 10 atom stereocenters. The predicted molar refractivity (Wildman–Crippen MR) is 402 cm³/mol. The van der Waals surface area contributed by atoms with E-state index in [2.05, 4.69) is 68.0 Å². The van der Waals surface area contributed by atoms with Crippen LogP contribution in [-0.2, 0) is 96.1 Å². The Morgan fingerprint density at radius 3 is 1.53 bits per heavy atom. The van der Waals surface area contributed by atoms with Crippen molar-refractivity contribution in [2.24, 2.45) is 11.7 Å². The fourth-order valence-corrected chi connectivity index (χ4v) is 12.9. The Morgan fingerprint density at radius 1 is 0.556 bits per heavy atom. The number of carbonyl (C=O) groups excluding carboxylic acids is 10. The van der Waals surface area contributed by atoms with Gasteiger partial charge >= 0.3 is 5.97 Å². The standard InChI is InChI=1S/C77H97ClN16O14/c1-46(2)35-59(67(97)86-58(15-9-29-83-77(79)80)75(105)94-30-10-16-66(94)74(104)84-47(3)76(106)107)87-71(101)63(40-53-11-7-27-81-42-53)89-70(100)62(37-49-17-19-51(20-18-49)44-93-31-33-108-34-32-93)91-73(103)65(45-95)92-72(102)64(41-54-12-8-28-82-43-54)90-69(99)61(38-50-22-25-57(78)26-23-50)88-68(98)60(85-48(4)96)39-52-21-24-55-13-5-6-14-56(55)36-52/h5-8,11-14,17-28,36,42-43,46-47,58-66,95H,9-10,15-16,29-35,37-41,44-45H2,1-4H3,(H,84,104)(H,85,96)(H,86,97)(H,87,101)(H,88,98)(H,89,100)(H,90,99)(H,91,103)(H,92,102)(H,106,107)(H4,79,80,83)/t47-,58+,59+,60-,61-,62+,63-,64-,65+,66+/m1/s1. The number of benzene rings is 4. The lowest BCUT2D eigenvalue weighted by Gasteiger charge is -2.31. The molecule has 108 heavy (non-hydrogen) atoms. The number of hydrogen-bond acceptors (Lipinski definition) is 17. The van der Waals surface area contributed by atoms with Gasteiger partial charge in [0.05, 0.1) is 19.8 Å². The van der Waals surface area contributed by atoms with Crippen LogP contribution in [-0.4, -0.2) is 207 Å². The molecule has 0 spiro atoms. The molecule has 10 amide bonds. The summed E-state index contributed by atoms with van der Waals surface area (Å²) in [4.78, 5) is 169. The number of rotatable bonds is 38. The minimum absolute atomic E-state index is 0.00917. The monoisotopic (exact) mass is 1500 g/mol. The number of aliphatic hydroxyl groups excluding tert-OH is 1. The van der Waals surface area contributed by atoms with E-state index < -0.39 is 132 Å². The van der Waals surface area contributed by atoms with Crippen molar-refractivity contribution in [2.75, 3.05) is 46.0 Å². The van der Waals surface area contributed by atoms with Crippen molar-refractivity contribution in [3.05, 3.63) is 178 Å². The molecule has 576 valence electrons. The second kappa shape index (κ2) is 41.2. The zero-order chi connectivity index (χ0) is 77.8. The van der Waals surface area contributed by atoms with Crippen LogP contribution >= 0.6 is 11.6 Å². The summed E-state index contributed by atoms with van der Waals surface area (Å²) in [5.74, 6) is -9.94. The van der Waals surface area contributed by atoms with Crippen LogP contribution in [0.15, 0.2) is 140 Å². The molecule has 2 aliphatic rings. The van der Waals surface area contributed by atoms with Crippen molar-refractivity contribution in [1.29, 1.82) is 5.41 Å². The Bertz CT molecular complexity index is 4080. The molecule has 2 saturated heterocycles. The van der Waals surface area contributed by atoms with E-state index in [-0.39, 0.29) is 82.8 Å². The van der Waals surface area contributed by atoms with Gasteiger partial charge in [0.25, 0.3) is 0 Å². The summed E-state index contributed by atoms with van der Waals surface area (Å²) in [6, 6.07) is 19.6. The highest BCUT2D eigenvalue weighted by atomic mass is 35.5. The number of ether oxygens (including phenoxy) is 1. The number of fused-ring (bicyclic) bond motifs is 1. The molecule has 2 aromatic heterocycles. The van der Waals surface area contributed by atoms with Gasteiger partial charge in [0.15, 0.2) is 5.96 Å². The van der Waals surface area contributed by atoms with E-state index >= 15 is 9.59 Å². The zero-order valence-electron chi connectivity index (χ0n) is 60.9. The Hall–Kier alpha value is -10.9. The number of nitrogens with zero attached hydrogens (tertiary/aromatic N) is 4. The number of amides is 10. The molecule has 0 saturated carbocycles. The molecule has 8 rings (SSSR count). The predicted octanol–water partition coefficient (Wildman–Crippen LogP) is 1.41. The average molecular weight is 1510 g/mol. The van der Waals surface area contributed by atoms with Gasteiger partial charge in [0.1, 0.15) is 60.4 Å². The lowest BCUT2D eigenvalue weighted by atomic mass is 9.99. The highest BCUT2D eigenvalue weighted by Crippen LogP contribution is 2.23. The highest BCUT2D eigenvalue weighted by molar-refractivity contribution is 6.30. The molecule has 0 bridgehead atoms. The van der Waals surface area contributed by atoms with Crippen molar-refractivity contribution in [1.82, 2.24) is 72.9 Å². The number of guanidine groups is 1. The summed E-state index contributed by atoms with van der Waals surface area (Å²) >= 11 is 6.26. The largest absolute Gasteiger partial charge is 0.480 e. The van der Waals surface area contributed by atoms with Gasteiger partial charge in [-0.25, -0.2) is 0 Å². The van der Waals surface area contributed by atoms with Crippen LogP contribution in [0.5, 0.6) is 0 Å². The minimum atomic E-state index is -1.81. The molecule has 6 aromatic rings. The van der Waals surface area contributed by atoms with Crippen LogP contribution in [0.3, 0.4) is 0 Å². The first-order valence-corrected chi connectivity index (χ1v) is 36.5. The van der Waals surface area contributed by atoms with E-state index in [4.69, 9.17) is 27.5 Å². The summed E-state index contributed by atoms with van der Waals surface area (Å²) in [7, 11) is 0. The number of carbonyl (C=O) groups is 11. The van der Waals surface area contributed by atoms with Crippen LogP contribution in [0, 0.1) is 11.3 Å². The van der Waals surface area contributed by atoms with E-state index in [0.717, 1.165) is 16.3 Å². The van der Waals surface area contributed by atoms with Gasteiger partial charge in [0, 0.05) is 102 Å². The number of halogens is 1. The normalized spacial score (nSPS) is 16.1. The fourth-order valence-electron chi connectivity index (χ4n) is 12.8. The Kier molecular flexibility index (Phi) is 31.6. The number of likely N-dealkylation sites (tertiary alicyclic amines) is 1. The van der Waals surface area contributed by atoms with E-state index in [1.54, 1.807) is 74.5 Å². The number of carboxylic acids is 1. The average Bonchev–Trinajstić information content (AvgIpc) is 1.59. The van der Waals surface area contributed by atoms with Gasteiger partial charge in [-0.15, -0.1) is 0 Å². The van der Waals surface area contributed by atoms with Crippen LogP contribution < -0.4 is 58.9 Å². The molecule has 0 radical (unpaired) electrons. The van der Waals surface area contributed by atoms with Gasteiger partial charge in [-0.05, 0) is 113 Å². The first kappa shape index (κ1) is 82.7. The van der Waals surface area contributed by atoms with E-state index in [1.165, 1.54) is 43.5 Å². The van der Waals surface area contributed by atoms with Gasteiger partial charge in [-0.1, -0.05) is 116 Å². The first-order chi connectivity index (χ1) is 51.8. The zero-order valence-corrected chi connectivity index (χ0v) is 61.7. The maximum atomic E-state index is 15.3. The number of aliphatic carboxylic acids is 1. The summed E-state index contributed by atoms with van der Waals surface area (Å²) < 4.78 is 5.54. The molecular formula is C77H97ClN16O14. The van der Waals surface area contributed by atoms with Gasteiger partial charge in [-0.2, -0.15) is 0 Å². The molecular weight excluding hydrogens is 1410 g/mol. The Balaban J connectivity index is 1.05. The number of hydrogen-bond donors (Lipinski definition) is 14. The highest BCUT2D eigenvalue weighted by Gasteiger charge is 2.41. The number of nitrogens with two attached hydrogens (primary N) is 1. The lowest BCUT2D eigenvalue weighted by molar-refractivity contribution is -0.144. The summed E-state index contributed by atoms with van der Waals surface area (Å²) in [5.41, 5.74) is 9.22. The molecule has 30 nitrogen and oxygen atoms in total. The number of aliphatic hydroxyl groups is 1. The molecule has 4 aromatic carbocycles. The maximum Gasteiger partial charge on any atom is 0.325 e. The summed E-state index contributed by atoms with van der Waals surface area (Å²) in [6.07, 6.45) is 5.96. The SMILES string of the molecule is CC(=O)N[C@H](Cc1ccc2ccccc2c1)C(=O)N[C@H](Cc1ccc(Cl)cc1)C(=O)N[C@H](Cc1cccnc1)C(=O)N[C@@H](CO)C(=O)N[C@@H](Cc1ccc(CN2CCOCC2)cc1)C(=O)N[C@H](Cc1cccnc1)C(=O)N[C@@H](CC(C)C)C(=O)N[C@@H](CCCNC(=N)N)C(=O)N1CCC[C@H]1C(=O)N[C@H](C)C(=O)O. The number of morpholine rings is 1. The summed E-state index contributed by atoms with van der Waals surface area (Å²) in [6.45, 7) is 8.50. The third-order valence-electron chi connectivity index (χ3n) is 18.5. The minimum Gasteiger partial charge on any atom is -0.480 e. The first-order valence-electron chi connectivity index (χ1n) is 36.1. The van der Waals surface area contributed by atoms with Crippen molar-refractivity contribution >= 4 is 93.4 Å². The molecule has 2 aliphatic heterocycles. The van der Waals surface area contributed by atoms with Crippen LogP contribution in [0.1, 0.15) is 93.2 Å². The number of nitrogens with one attached hydrogen (secondary N) is 11. The lowest BCUT2D eigenvalue weighted by Crippen LogP contribution is -2.62. The van der Waals surface area contributed by atoms with E-state index in [1.807, 2.05) is 54.6 Å². The number of pyridine rings is 2. The molecule has 2 fully saturated rings. The van der Waals surface area contributed by atoms with Crippen molar-refractivity contribution in [2.45, 2.75) is 159 Å². The number of aromatic nitrogens is 2. The maximum absolute atomic E-state index is 15.3. The molecule has 0 unspecified atom stereocenters. The Labute approximate surface area is 631 Å². The third kappa shape index (κ3) is 25.9. The van der Waals surface area contributed by atoms with E-state index in [0.29, 0.717) is 72.1 Å². The molecule has 31 heteroatoms. The fraction of sp³-hybridized carbons (Fsp3) is 0.429. The smallest absolute Gasteiger partial charge is 0.325 e. The molecule has 4 heterocycles. The van der Waals surface area contributed by atoms with Gasteiger partial charge < -0.3 is 78.8 Å². The second-order valence-electron chi connectivity index (χ2n) is 27.5. The van der Waals surface area contributed by atoms with E-state index in [9.17, 15) is 53.4 Å². The van der Waals surface area contributed by atoms with Gasteiger partial charge in [-0.3, -0.25) is 73.0 Å². The second-order valence-corrected chi connectivity index (χ2v) is 27.9. The summed E-state index contributed by atoms with van der Waals surface area (Å²) in [5, 5.41) is 57.5. The van der Waals surface area contributed by atoms with Crippen molar-refractivity contribution in [3.63, 3.8) is 0 Å². The molecule has 15 N–H and O–H groups in total. The Morgan fingerprint density at radius 2 is 1.02 bits per heavy atom. The van der Waals surface area contributed by atoms with Gasteiger partial charge in [0.2, 0.25) is 59.1 Å². The van der Waals surface area contributed by atoms with Crippen LogP contribution in [0.4, 0.5) is 0 Å². The van der Waals surface area contributed by atoms with Crippen molar-refractivity contribution < 1.29 is 67.7 Å². The third-order valence-corrected chi connectivity index (χ3v) is 18.7.